The number of hydrogen-bond donors (Lipinski definition) is 2. The smallest absolute Gasteiger partial charge is 0.398 e. The fourth-order valence-electron chi connectivity index (χ4n) is 14.0. The van der Waals surface area contributed by atoms with Gasteiger partial charge in [-0.15, -0.1) is 0 Å². The summed E-state index contributed by atoms with van der Waals surface area (Å²) >= 11 is 3.45. The third kappa shape index (κ3) is 12.7. The highest BCUT2D eigenvalue weighted by Gasteiger charge is 2.52. The van der Waals surface area contributed by atoms with E-state index in [1.165, 1.54) is 0 Å². The van der Waals surface area contributed by atoms with E-state index in [4.69, 9.17) is 34.0 Å². The number of halogens is 3. The van der Waals surface area contributed by atoms with E-state index in [-0.39, 0.29) is 30.0 Å². The molecule has 510 valence electrons. The van der Waals surface area contributed by atoms with Crippen molar-refractivity contribution in [1.29, 1.82) is 0 Å². The van der Waals surface area contributed by atoms with Gasteiger partial charge in [-0.25, -0.2) is 28.1 Å². The fourth-order valence-corrected chi connectivity index (χ4v) is 14.4. The quantitative estimate of drug-likeness (QED) is 0.0784. The minimum Gasteiger partial charge on any atom is -0.398 e. The zero-order chi connectivity index (χ0) is 69.8. The normalized spacial score (nSPS) is 15.2. The first kappa shape index (κ1) is 67.1. The molecule has 14 aromatic rings. The number of morpholine rings is 2. The maximum absolute atomic E-state index is 16.3. The standard InChI is InChI=1S/C38H31FN6O.C35H28BrFN4O.C9H15BN2O2/c39-33-26-35-32(25-31(33)34-17-19-41-42-34)37(27-16-18-40-36(24-27)44-20-22-46-23-21-44)43-45(35)38(28-10-4-1-5-11-28,29-12-6-2-7-13-29)30-14-8-3-9-15-30;36-30-23-29-32(24-31(30)37)41(39-34(29)25-16-17-38-33(22-25)40-18-20-42-21-19-40)35(26-10-4-1-5-11-26,27-12-6-2-7-13-27)28-14-8-3-9-15-28;1-8(2)9(3,4)14-10(13-8)7-5-6-11-12-7/h1-19,24-26H,20-23H2,(H,41,42);1-17,22-24H,18-21H2;5-6H,1-4H3,(H,11,12). The lowest BCUT2D eigenvalue weighted by Gasteiger charge is -2.37. The number of nitrogens with zero attached hydrogens (tertiary/aromatic N) is 10. The van der Waals surface area contributed by atoms with Crippen LogP contribution in [-0.2, 0) is 29.9 Å². The van der Waals surface area contributed by atoms with Crippen LogP contribution in [0.1, 0.15) is 61.1 Å². The molecule has 17 rings (SSSR count). The number of anilines is 2. The summed E-state index contributed by atoms with van der Waals surface area (Å²) in [5.74, 6) is 1.03. The Morgan fingerprint density at radius 2 is 0.804 bits per heavy atom. The van der Waals surface area contributed by atoms with Crippen LogP contribution in [0.5, 0.6) is 0 Å². The summed E-state index contributed by atoms with van der Waals surface area (Å²) in [6, 6.07) is 80.6. The molecule has 0 aliphatic carbocycles. The van der Waals surface area contributed by atoms with E-state index in [0.717, 1.165) is 110 Å². The van der Waals surface area contributed by atoms with Crippen LogP contribution in [0.3, 0.4) is 0 Å². The maximum atomic E-state index is 16.3. The first-order chi connectivity index (χ1) is 49.8. The number of ether oxygens (including phenoxy) is 2. The van der Waals surface area contributed by atoms with Gasteiger partial charge in [0.15, 0.2) is 0 Å². The molecule has 0 unspecified atom stereocenters. The number of hydrogen-bond acceptors (Lipinski definition) is 12. The van der Waals surface area contributed by atoms with Crippen molar-refractivity contribution in [2.45, 2.75) is 50.0 Å². The number of aromatic nitrogens is 10. The molecule has 3 fully saturated rings. The Balaban J connectivity index is 0.000000139. The van der Waals surface area contributed by atoms with E-state index in [1.54, 1.807) is 30.6 Å². The van der Waals surface area contributed by atoms with Gasteiger partial charge < -0.3 is 28.6 Å². The fraction of sp³-hybridized carbons (Fsp3) is 0.195. The predicted molar refractivity (Wildman–Crippen MR) is 401 cm³/mol. The van der Waals surface area contributed by atoms with E-state index in [1.807, 2.05) is 189 Å². The SMILES string of the molecule is CC1(C)OB(c2ccn[nH]2)OC1(C)C.Fc1cc2c(cc1-c1ccn[nH]1)c(-c1ccnc(N3CCOCC3)c1)nn2C(c1ccccc1)(c1ccccc1)c1ccccc1.Fc1cc2c(cc1Br)c(-c1ccnc(N3CCOCC3)c1)nn2C(c1ccccc1)(c1ccccc1)c1ccccc1. The second-order valence-corrected chi connectivity index (χ2v) is 27.2. The second-order valence-electron chi connectivity index (χ2n) is 26.3. The Hall–Kier alpha value is -10.7. The first-order valence-electron chi connectivity index (χ1n) is 34.2. The molecule has 2 N–H and O–H groups in total. The molecule has 8 aromatic carbocycles. The number of fused-ring (bicyclic) bond motifs is 2. The van der Waals surface area contributed by atoms with Gasteiger partial charge in [-0.05, 0) is 126 Å². The molecule has 0 bridgehead atoms. The molecule has 0 spiro atoms. The predicted octanol–water partition coefficient (Wildman–Crippen LogP) is 15.7. The van der Waals surface area contributed by atoms with E-state index >= 15 is 8.78 Å². The van der Waals surface area contributed by atoms with Crippen LogP contribution in [0, 0.1) is 11.6 Å². The van der Waals surface area contributed by atoms with E-state index < -0.39 is 11.1 Å². The third-order valence-corrected chi connectivity index (χ3v) is 20.4. The molecule has 3 aliphatic heterocycles. The van der Waals surface area contributed by atoms with Crippen molar-refractivity contribution in [2.75, 3.05) is 62.4 Å². The van der Waals surface area contributed by atoms with Crippen LogP contribution in [0.2, 0.25) is 0 Å². The Bertz CT molecular complexity index is 4940. The van der Waals surface area contributed by atoms with E-state index in [2.05, 4.69) is 136 Å². The average Bonchev–Trinajstić information content (AvgIpc) is 1.48. The summed E-state index contributed by atoms with van der Waals surface area (Å²) in [5.41, 5.74) is 10.2. The molecule has 20 heteroatoms. The van der Waals surface area contributed by atoms with Crippen molar-refractivity contribution in [2.24, 2.45) is 0 Å². The summed E-state index contributed by atoms with van der Waals surface area (Å²) < 4.78 is 58.9. The lowest BCUT2D eigenvalue weighted by atomic mass is 9.77. The van der Waals surface area contributed by atoms with Crippen molar-refractivity contribution in [1.82, 2.24) is 49.9 Å². The summed E-state index contributed by atoms with van der Waals surface area (Å²) in [4.78, 5) is 13.8. The Morgan fingerprint density at radius 1 is 0.431 bits per heavy atom. The summed E-state index contributed by atoms with van der Waals surface area (Å²) in [6.45, 7) is 13.9. The highest BCUT2D eigenvalue weighted by atomic mass is 79.9. The van der Waals surface area contributed by atoms with E-state index in [0.29, 0.717) is 53.2 Å². The molecule has 0 amide bonds. The van der Waals surface area contributed by atoms with Gasteiger partial charge in [0, 0.05) is 90.6 Å². The zero-order valence-electron chi connectivity index (χ0n) is 56.9. The van der Waals surface area contributed by atoms with Gasteiger partial charge in [-0.1, -0.05) is 182 Å². The number of H-pyrrole nitrogens is 2. The van der Waals surface area contributed by atoms with Crippen molar-refractivity contribution in [3.63, 3.8) is 0 Å². The number of benzene rings is 8. The van der Waals surface area contributed by atoms with Gasteiger partial charge >= 0.3 is 7.12 Å². The van der Waals surface area contributed by atoms with Crippen molar-refractivity contribution in [3.05, 3.63) is 317 Å². The summed E-state index contributed by atoms with van der Waals surface area (Å²) in [7, 11) is -0.331. The molecular formula is C82H74BBrF2N12O4. The summed E-state index contributed by atoms with van der Waals surface area (Å²) in [6.07, 6.45) is 6.97. The largest absolute Gasteiger partial charge is 0.513 e. The van der Waals surface area contributed by atoms with Gasteiger partial charge in [-0.2, -0.15) is 20.4 Å². The average molecular weight is 1420 g/mol. The number of pyridine rings is 2. The Kier molecular flexibility index (Phi) is 18.9. The van der Waals surface area contributed by atoms with Gasteiger partial charge in [0.1, 0.15) is 45.7 Å². The maximum Gasteiger partial charge on any atom is 0.513 e. The van der Waals surface area contributed by atoms with Gasteiger partial charge in [-0.3, -0.25) is 10.2 Å². The van der Waals surface area contributed by atoms with Crippen LogP contribution in [0.4, 0.5) is 20.4 Å². The van der Waals surface area contributed by atoms with Crippen LogP contribution in [-0.4, -0.2) is 121 Å². The van der Waals surface area contributed by atoms with Crippen LogP contribution in [0.25, 0.3) is 55.6 Å². The molecule has 0 saturated carbocycles. The molecule has 6 aromatic heterocycles. The first-order valence-corrected chi connectivity index (χ1v) is 35.0. The third-order valence-electron chi connectivity index (χ3n) is 19.8. The van der Waals surface area contributed by atoms with Crippen LogP contribution < -0.4 is 15.4 Å². The minimum absolute atomic E-state index is 0.289. The van der Waals surface area contributed by atoms with E-state index in [9.17, 15) is 0 Å². The minimum atomic E-state index is -0.928. The highest BCUT2D eigenvalue weighted by Crippen LogP contribution is 2.48. The molecular weight excluding hydrogens is 1350 g/mol. The molecule has 3 aliphatic rings. The summed E-state index contributed by atoms with van der Waals surface area (Å²) in [5, 5.41) is 26.3. The molecule has 3 saturated heterocycles. The molecule has 0 atom stereocenters. The van der Waals surface area contributed by atoms with Crippen molar-refractivity contribution < 1.29 is 27.6 Å². The van der Waals surface area contributed by atoms with Crippen molar-refractivity contribution in [3.8, 4) is 33.8 Å². The van der Waals surface area contributed by atoms with Crippen LogP contribution in [0.15, 0.2) is 272 Å². The highest BCUT2D eigenvalue weighted by molar-refractivity contribution is 9.10. The number of nitrogens with one attached hydrogen (secondary N) is 2. The lowest BCUT2D eigenvalue weighted by molar-refractivity contribution is 0.00578. The number of rotatable bonds is 14. The Labute approximate surface area is 599 Å². The molecule has 0 radical (unpaired) electrons. The topological polar surface area (TPSA) is 162 Å². The Morgan fingerprint density at radius 3 is 1.18 bits per heavy atom. The zero-order valence-corrected chi connectivity index (χ0v) is 58.5. The molecule has 102 heavy (non-hydrogen) atoms. The molecule has 9 heterocycles. The number of aromatic amines is 2. The molecule has 16 nitrogen and oxygen atoms in total. The lowest BCUT2D eigenvalue weighted by Crippen LogP contribution is -2.41. The van der Waals surface area contributed by atoms with Gasteiger partial charge in [0.2, 0.25) is 0 Å². The van der Waals surface area contributed by atoms with Gasteiger partial charge in [0.05, 0.1) is 64.4 Å². The van der Waals surface area contributed by atoms with Gasteiger partial charge in [0.25, 0.3) is 0 Å². The monoisotopic (exact) mass is 1420 g/mol. The van der Waals surface area contributed by atoms with Crippen LogP contribution >= 0.6 is 15.9 Å². The van der Waals surface area contributed by atoms with Crippen molar-refractivity contribution >= 4 is 62.1 Å². The second kappa shape index (κ2) is 28.7.